The quantitative estimate of drug-likeness (QED) is 0.328. The third-order valence-electron chi connectivity index (χ3n) is 6.02. The number of fused-ring (bicyclic) bond motifs is 1. The predicted molar refractivity (Wildman–Crippen MR) is 126 cm³/mol. The summed E-state index contributed by atoms with van der Waals surface area (Å²) in [5, 5.41) is -0.0325. The maximum absolute atomic E-state index is 12.0. The highest BCUT2D eigenvalue weighted by molar-refractivity contribution is 9.10. The van der Waals surface area contributed by atoms with Gasteiger partial charge in [0.25, 0.3) is 0 Å². The van der Waals surface area contributed by atoms with Gasteiger partial charge in [-0.2, -0.15) is 0 Å². The van der Waals surface area contributed by atoms with Crippen molar-refractivity contribution in [1.82, 2.24) is 19.5 Å². The minimum absolute atomic E-state index is 0.0325. The van der Waals surface area contributed by atoms with E-state index in [0.717, 1.165) is 0 Å². The Bertz CT molecular complexity index is 1060. The first-order valence-corrected chi connectivity index (χ1v) is 14.2. The molecule has 2 aromatic rings. The Morgan fingerprint density at radius 2 is 1.79 bits per heavy atom. The Hall–Kier alpha value is -2.09. The number of halogens is 1. The summed E-state index contributed by atoms with van der Waals surface area (Å²) in [6, 6.07) is 0. The minimum atomic E-state index is -2.14. The maximum Gasteiger partial charge on any atom is 0.303 e. The summed E-state index contributed by atoms with van der Waals surface area (Å²) < 4.78 is 25.8. The molecule has 2 aromatic heterocycles. The number of hydrogen-bond acceptors (Lipinski definition) is 10. The second-order valence-corrected chi connectivity index (χ2v) is 15.0. The maximum atomic E-state index is 12.0. The number of carbonyl (C=O) groups is 2. The molecule has 1 aliphatic rings. The first-order chi connectivity index (χ1) is 15.2. The molecule has 13 heteroatoms. The number of carbonyl (C=O) groups excluding carboxylic acids is 2. The molecule has 1 saturated heterocycles. The van der Waals surface area contributed by atoms with E-state index in [1.165, 1.54) is 20.2 Å². The van der Waals surface area contributed by atoms with Gasteiger partial charge in [-0.05, 0) is 34.1 Å². The van der Waals surface area contributed by atoms with Gasteiger partial charge < -0.3 is 24.4 Å². The summed E-state index contributed by atoms with van der Waals surface area (Å²) in [4.78, 5) is 36.5. The molecule has 0 unspecified atom stereocenters. The first-order valence-electron chi connectivity index (χ1n) is 10.5. The molecule has 3 heterocycles. The van der Waals surface area contributed by atoms with Crippen LogP contribution in [0.4, 0.5) is 5.82 Å². The van der Waals surface area contributed by atoms with E-state index in [1.807, 2.05) is 0 Å². The highest BCUT2D eigenvalue weighted by atomic mass is 79.9. The molecule has 0 saturated carbocycles. The van der Waals surface area contributed by atoms with Crippen LogP contribution >= 0.6 is 15.9 Å². The lowest BCUT2D eigenvalue weighted by Crippen LogP contribution is -2.46. The average Bonchev–Trinajstić information content (AvgIpc) is 3.16. The number of hydrogen-bond donors (Lipinski definition) is 1. The van der Waals surface area contributed by atoms with Crippen LogP contribution in [0, 0.1) is 0 Å². The van der Waals surface area contributed by atoms with Crippen LogP contribution in [0.15, 0.2) is 11.1 Å². The zero-order valence-corrected chi connectivity index (χ0v) is 22.4. The molecular weight excluding hydrogens is 514 g/mol. The third kappa shape index (κ3) is 5.20. The molecule has 0 radical (unpaired) electrons. The molecule has 0 amide bonds. The van der Waals surface area contributed by atoms with Crippen molar-refractivity contribution in [3.8, 4) is 0 Å². The molecule has 182 valence electrons. The lowest BCUT2D eigenvalue weighted by atomic mass is 10.1. The number of nitrogen functional groups attached to an aromatic ring is 1. The zero-order valence-electron chi connectivity index (χ0n) is 19.8. The Labute approximate surface area is 201 Å². The molecule has 0 bridgehead atoms. The fraction of sp³-hybridized carbons (Fsp3) is 0.650. The third-order valence-corrected chi connectivity index (χ3v) is 11.1. The number of rotatable bonds is 6. The van der Waals surface area contributed by atoms with Crippen LogP contribution in [0.2, 0.25) is 18.1 Å². The van der Waals surface area contributed by atoms with Crippen molar-refractivity contribution < 1.29 is 28.2 Å². The van der Waals surface area contributed by atoms with E-state index in [9.17, 15) is 9.59 Å². The Morgan fingerprint density at radius 1 is 1.18 bits per heavy atom. The average molecular weight is 544 g/mol. The van der Waals surface area contributed by atoms with E-state index in [2.05, 4.69) is 64.7 Å². The second kappa shape index (κ2) is 9.28. The molecule has 1 fully saturated rings. The summed E-state index contributed by atoms with van der Waals surface area (Å²) in [6.07, 6.45) is -2.16. The Morgan fingerprint density at radius 3 is 2.36 bits per heavy atom. The lowest BCUT2D eigenvalue weighted by Gasteiger charge is -2.37. The van der Waals surface area contributed by atoms with Gasteiger partial charge in [-0.1, -0.05) is 20.8 Å². The summed E-state index contributed by atoms with van der Waals surface area (Å²) in [7, 11) is -2.14. The molecule has 0 aliphatic carbocycles. The topological polar surface area (TPSA) is 141 Å². The summed E-state index contributed by atoms with van der Waals surface area (Å²) in [5.74, 6) is -0.887. The van der Waals surface area contributed by atoms with Crippen LogP contribution in [-0.2, 0) is 28.2 Å². The van der Waals surface area contributed by atoms with Crippen LogP contribution in [0.5, 0.6) is 0 Å². The second-order valence-electron chi connectivity index (χ2n) is 9.47. The van der Waals surface area contributed by atoms with E-state index >= 15 is 0 Å². The SMILES string of the molecule is CC(=O)O[C@@H]1[C@H](OC(C)=O)[C@@H](CO[Si](C)(C)C(C)(C)C)O[C@H]1n1c(Br)nc2c(N)ncnc21. The van der Waals surface area contributed by atoms with Crippen molar-refractivity contribution >= 4 is 53.2 Å². The fourth-order valence-electron chi connectivity index (χ4n) is 3.33. The summed E-state index contributed by atoms with van der Waals surface area (Å²) >= 11 is 3.41. The molecule has 0 aromatic carbocycles. The number of aromatic nitrogens is 4. The number of nitrogens with two attached hydrogens (primary N) is 1. The van der Waals surface area contributed by atoms with Crippen LogP contribution in [0.1, 0.15) is 40.8 Å². The molecular formula is C20H30BrN5O6Si. The molecule has 2 N–H and O–H groups in total. The molecule has 4 atom stereocenters. The van der Waals surface area contributed by atoms with Gasteiger partial charge in [0, 0.05) is 13.8 Å². The van der Waals surface area contributed by atoms with Crippen molar-refractivity contribution in [2.75, 3.05) is 12.3 Å². The number of ether oxygens (including phenoxy) is 3. The number of esters is 2. The van der Waals surface area contributed by atoms with Crippen molar-refractivity contribution in [3.63, 3.8) is 0 Å². The molecule has 33 heavy (non-hydrogen) atoms. The fourth-order valence-corrected chi connectivity index (χ4v) is 4.89. The summed E-state index contributed by atoms with van der Waals surface area (Å²) in [6.45, 7) is 13.3. The Balaban J connectivity index is 2.03. The van der Waals surface area contributed by atoms with E-state index in [0.29, 0.717) is 15.9 Å². The zero-order chi connectivity index (χ0) is 24.7. The number of imidazole rings is 1. The predicted octanol–water partition coefficient (Wildman–Crippen LogP) is 2.95. The smallest absolute Gasteiger partial charge is 0.303 e. The normalized spacial score (nSPS) is 23.6. The van der Waals surface area contributed by atoms with E-state index in [1.54, 1.807) is 4.57 Å². The largest absolute Gasteiger partial charge is 0.456 e. The molecule has 11 nitrogen and oxygen atoms in total. The van der Waals surface area contributed by atoms with Crippen LogP contribution in [0.25, 0.3) is 11.2 Å². The highest BCUT2D eigenvalue weighted by Crippen LogP contribution is 2.41. The van der Waals surface area contributed by atoms with Crippen LogP contribution < -0.4 is 5.73 Å². The van der Waals surface area contributed by atoms with Gasteiger partial charge in [0.1, 0.15) is 12.4 Å². The van der Waals surface area contributed by atoms with E-state index in [4.69, 9.17) is 24.4 Å². The van der Waals surface area contributed by atoms with Gasteiger partial charge in [0.05, 0.1) is 6.61 Å². The van der Waals surface area contributed by atoms with Gasteiger partial charge >= 0.3 is 11.9 Å². The van der Waals surface area contributed by atoms with Crippen molar-refractivity contribution in [3.05, 3.63) is 11.1 Å². The van der Waals surface area contributed by atoms with Gasteiger partial charge in [-0.15, -0.1) is 0 Å². The number of anilines is 1. The van der Waals surface area contributed by atoms with Gasteiger partial charge in [0.2, 0.25) is 0 Å². The van der Waals surface area contributed by atoms with Crippen LogP contribution in [-0.4, -0.2) is 64.7 Å². The monoisotopic (exact) mass is 543 g/mol. The first kappa shape index (κ1) is 25.5. The van der Waals surface area contributed by atoms with E-state index in [-0.39, 0.29) is 17.5 Å². The molecule has 3 rings (SSSR count). The minimum Gasteiger partial charge on any atom is -0.456 e. The van der Waals surface area contributed by atoms with Gasteiger partial charge in [0.15, 0.2) is 48.5 Å². The van der Waals surface area contributed by atoms with Crippen molar-refractivity contribution in [1.29, 1.82) is 0 Å². The molecule has 0 spiro atoms. The lowest BCUT2D eigenvalue weighted by molar-refractivity contribution is -0.165. The number of nitrogens with zero attached hydrogens (tertiary/aromatic N) is 4. The van der Waals surface area contributed by atoms with Gasteiger partial charge in [-0.3, -0.25) is 14.2 Å². The van der Waals surface area contributed by atoms with Crippen molar-refractivity contribution in [2.45, 2.75) is 77.3 Å². The van der Waals surface area contributed by atoms with E-state index < -0.39 is 44.8 Å². The standard InChI is InChI=1S/C20H30BrN5O6Si/c1-10(27)30-14-12(8-29-33(6,7)20(3,4)5)32-18(15(14)31-11(2)28)26-17-13(25-19(26)21)16(22)23-9-24-17/h9,12,14-15,18H,8H2,1-7H3,(H2,22,23,24)/t12-,14-,15-,18-/m1/s1. The summed E-state index contributed by atoms with van der Waals surface area (Å²) in [5.41, 5.74) is 6.69. The van der Waals surface area contributed by atoms with Gasteiger partial charge in [-0.25, -0.2) is 15.0 Å². The molecule has 1 aliphatic heterocycles. The highest BCUT2D eigenvalue weighted by Gasteiger charge is 2.52. The Kier molecular flexibility index (Phi) is 7.18. The van der Waals surface area contributed by atoms with Crippen LogP contribution in [0.3, 0.4) is 0 Å². The van der Waals surface area contributed by atoms with Crippen molar-refractivity contribution in [2.24, 2.45) is 0 Å².